The molecule has 0 bridgehead atoms. The van der Waals surface area contributed by atoms with Crippen LogP contribution in [0.1, 0.15) is 15.9 Å². The Morgan fingerprint density at radius 2 is 1.69 bits per heavy atom. The molecule has 0 heterocycles. The topological polar surface area (TPSA) is 86.5 Å². The van der Waals surface area contributed by atoms with Crippen molar-refractivity contribution < 1.29 is 17.9 Å². The van der Waals surface area contributed by atoms with E-state index in [9.17, 15) is 13.2 Å². The van der Waals surface area contributed by atoms with E-state index in [-0.39, 0.29) is 27.1 Å². The second kappa shape index (κ2) is 7.25. The molecule has 0 fully saturated rings. The summed E-state index contributed by atoms with van der Waals surface area (Å²) in [5.74, 6) is -0.774. The summed E-state index contributed by atoms with van der Waals surface area (Å²) in [5.41, 5.74) is 0.688. The van der Waals surface area contributed by atoms with Crippen LogP contribution in [-0.4, -0.2) is 14.4 Å². The van der Waals surface area contributed by atoms with Gasteiger partial charge in [-0.2, -0.15) is 0 Å². The molecule has 0 aliphatic carbocycles. The lowest BCUT2D eigenvalue weighted by molar-refractivity contribution is 0.0474. The highest BCUT2D eigenvalue weighted by Gasteiger charge is 2.21. The molecule has 0 unspecified atom stereocenters. The van der Waals surface area contributed by atoms with Crippen LogP contribution in [0.2, 0.25) is 10.0 Å². The maximum atomic E-state index is 12.4. The Labute approximate surface area is 160 Å². The van der Waals surface area contributed by atoms with Gasteiger partial charge in [0.1, 0.15) is 11.5 Å². The third kappa shape index (κ3) is 3.83. The first-order chi connectivity index (χ1) is 12.3. The van der Waals surface area contributed by atoms with E-state index in [1.165, 1.54) is 0 Å². The van der Waals surface area contributed by atoms with Gasteiger partial charge in [-0.05, 0) is 28.5 Å². The molecule has 0 amide bonds. The molecule has 3 rings (SSSR count). The van der Waals surface area contributed by atoms with Crippen molar-refractivity contribution in [3.63, 3.8) is 0 Å². The fourth-order valence-electron chi connectivity index (χ4n) is 2.54. The highest BCUT2D eigenvalue weighted by atomic mass is 35.5. The van der Waals surface area contributed by atoms with E-state index in [0.717, 1.165) is 28.5 Å². The molecule has 0 saturated carbocycles. The first kappa shape index (κ1) is 18.7. The molecule has 0 aliphatic rings. The summed E-state index contributed by atoms with van der Waals surface area (Å²) in [5, 5.41) is 6.88. The van der Waals surface area contributed by atoms with E-state index in [2.05, 4.69) is 0 Å². The minimum atomic E-state index is -4.10. The number of fused-ring (bicyclic) bond motifs is 1. The van der Waals surface area contributed by atoms with Crippen molar-refractivity contribution in [1.82, 2.24) is 0 Å². The first-order valence-corrected chi connectivity index (χ1v) is 9.73. The molecule has 134 valence electrons. The van der Waals surface area contributed by atoms with E-state index in [1.807, 2.05) is 42.5 Å². The van der Waals surface area contributed by atoms with Gasteiger partial charge in [-0.25, -0.2) is 18.4 Å². The number of esters is 1. The van der Waals surface area contributed by atoms with Crippen molar-refractivity contribution in [3.8, 4) is 0 Å². The second-order valence-electron chi connectivity index (χ2n) is 5.52. The quantitative estimate of drug-likeness (QED) is 0.655. The van der Waals surface area contributed by atoms with Crippen molar-refractivity contribution in [1.29, 1.82) is 0 Å². The van der Waals surface area contributed by atoms with Gasteiger partial charge in [0.2, 0.25) is 10.0 Å². The number of carbonyl (C=O) groups excluding carboxylic acids is 1. The summed E-state index contributed by atoms with van der Waals surface area (Å²) in [6.45, 7) is 0.00382. The van der Waals surface area contributed by atoms with Crippen LogP contribution in [0.5, 0.6) is 0 Å². The number of primary sulfonamides is 1. The Hall–Kier alpha value is -2.12. The minimum absolute atomic E-state index is 0.00382. The number of rotatable bonds is 4. The third-order valence-corrected chi connectivity index (χ3v) is 5.47. The number of benzene rings is 3. The van der Waals surface area contributed by atoms with Crippen LogP contribution in [0.3, 0.4) is 0 Å². The Morgan fingerprint density at radius 1 is 1.00 bits per heavy atom. The highest BCUT2D eigenvalue weighted by molar-refractivity contribution is 7.89. The summed E-state index contributed by atoms with van der Waals surface area (Å²) >= 11 is 11.8. The summed E-state index contributed by atoms with van der Waals surface area (Å²) < 4.78 is 28.4. The van der Waals surface area contributed by atoms with E-state index in [1.54, 1.807) is 0 Å². The predicted octanol–water partition coefficient (Wildman–Crippen LogP) is 4.15. The normalized spacial score (nSPS) is 11.5. The van der Waals surface area contributed by atoms with Crippen LogP contribution in [-0.2, 0) is 21.4 Å². The first-order valence-electron chi connectivity index (χ1n) is 7.43. The van der Waals surface area contributed by atoms with Crippen LogP contribution < -0.4 is 5.14 Å². The van der Waals surface area contributed by atoms with Crippen LogP contribution in [0.25, 0.3) is 10.8 Å². The Morgan fingerprint density at radius 3 is 2.42 bits per heavy atom. The van der Waals surface area contributed by atoms with Crippen LogP contribution in [0.15, 0.2) is 59.5 Å². The minimum Gasteiger partial charge on any atom is -0.457 e. The van der Waals surface area contributed by atoms with Gasteiger partial charge in [0.25, 0.3) is 0 Å². The van der Waals surface area contributed by atoms with Gasteiger partial charge in [0.05, 0.1) is 15.6 Å². The van der Waals surface area contributed by atoms with Crippen molar-refractivity contribution in [3.05, 3.63) is 75.8 Å². The van der Waals surface area contributed by atoms with E-state index in [0.29, 0.717) is 0 Å². The lowest BCUT2D eigenvalue weighted by atomic mass is 10.1. The van der Waals surface area contributed by atoms with Gasteiger partial charge in [0, 0.05) is 0 Å². The van der Waals surface area contributed by atoms with Gasteiger partial charge in [-0.1, -0.05) is 65.7 Å². The van der Waals surface area contributed by atoms with Crippen LogP contribution in [0, 0.1) is 0 Å². The van der Waals surface area contributed by atoms with Gasteiger partial charge in [-0.15, -0.1) is 0 Å². The standard InChI is InChI=1S/C18H13Cl2NO4S/c19-15-9-16(20)17(26(21,23)24)8-14(15)18(22)25-10-12-6-3-5-11-4-1-2-7-13(11)12/h1-9H,10H2,(H2,21,23,24). The molecule has 0 aliphatic heterocycles. The molecular formula is C18H13Cl2NO4S. The number of carbonyl (C=O) groups is 1. The predicted molar refractivity (Wildman–Crippen MR) is 101 cm³/mol. The molecule has 5 nitrogen and oxygen atoms in total. The zero-order valence-corrected chi connectivity index (χ0v) is 15.6. The zero-order valence-electron chi connectivity index (χ0n) is 13.3. The molecule has 0 atom stereocenters. The summed E-state index contributed by atoms with van der Waals surface area (Å²) in [6.07, 6.45) is 0. The van der Waals surface area contributed by atoms with Gasteiger partial charge in [-0.3, -0.25) is 0 Å². The fourth-order valence-corrected chi connectivity index (χ4v) is 3.94. The van der Waals surface area contributed by atoms with Crippen LogP contribution in [0.4, 0.5) is 0 Å². The average molecular weight is 410 g/mol. The van der Waals surface area contributed by atoms with Crippen molar-refractivity contribution >= 4 is 50.0 Å². The van der Waals surface area contributed by atoms with E-state index >= 15 is 0 Å². The molecule has 3 aromatic rings. The molecule has 3 aromatic carbocycles. The molecular weight excluding hydrogens is 397 g/mol. The molecule has 2 N–H and O–H groups in total. The molecule has 0 spiro atoms. The SMILES string of the molecule is NS(=O)(=O)c1cc(C(=O)OCc2cccc3ccccc23)c(Cl)cc1Cl. The maximum Gasteiger partial charge on any atom is 0.340 e. The smallest absolute Gasteiger partial charge is 0.340 e. The zero-order chi connectivity index (χ0) is 18.9. The molecule has 0 radical (unpaired) electrons. The number of ether oxygens (including phenoxy) is 1. The van der Waals surface area contributed by atoms with Gasteiger partial charge >= 0.3 is 5.97 Å². The van der Waals surface area contributed by atoms with Crippen molar-refractivity contribution in [2.75, 3.05) is 0 Å². The number of halogens is 2. The summed E-state index contributed by atoms with van der Waals surface area (Å²) in [4.78, 5) is 12.0. The second-order valence-corrected chi connectivity index (χ2v) is 7.87. The lowest BCUT2D eigenvalue weighted by Crippen LogP contribution is -2.15. The fraction of sp³-hybridized carbons (Fsp3) is 0.0556. The molecule has 8 heteroatoms. The average Bonchev–Trinajstić information content (AvgIpc) is 2.58. The van der Waals surface area contributed by atoms with E-state index in [4.69, 9.17) is 33.1 Å². The molecule has 0 saturated heterocycles. The van der Waals surface area contributed by atoms with Crippen molar-refractivity contribution in [2.45, 2.75) is 11.5 Å². The third-order valence-electron chi connectivity index (χ3n) is 3.79. The summed E-state index contributed by atoms with van der Waals surface area (Å²) in [7, 11) is -4.10. The Balaban J connectivity index is 1.89. The monoisotopic (exact) mass is 409 g/mol. The number of nitrogens with two attached hydrogens (primary N) is 1. The Bertz CT molecular complexity index is 1110. The van der Waals surface area contributed by atoms with Crippen LogP contribution >= 0.6 is 23.2 Å². The van der Waals surface area contributed by atoms with Gasteiger partial charge < -0.3 is 4.74 Å². The van der Waals surface area contributed by atoms with E-state index < -0.39 is 16.0 Å². The largest absolute Gasteiger partial charge is 0.457 e. The molecule has 26 heavy (non-hydrogen) atoms. The highest BCUT2D eigenvalue weighted by Crippen LogP contribution is 2.29. The van der Waals surface area contributed by atoms with Gasteiger partial charge in [0.15, 0.2) is 0 Å². The summed E-state index contributed by atoms with van der Waals surface area (Å²) in [6, 6.07) is 15.5. The number of hydrogen-bond donors (Lipinski definition) is 1. The lowest BCUT2D eigenvalue weighted by Gasteiger charge is -2.10. The number of sulfonamides is 1. The van der Waals surface area contributed by atoms with Crippen molar-refractivity contribution in [2.24, 2.45) is 5.14 Å². The maximum absolute atomic E-state index is 12.4. The Kier molecular flexibility index (Phi) is 5.20. The molecule has 0 aromatic heterocycles. The number of hydrogen-bond acceptors (Lipinski definition) is 4.